The van der Waals surface area contributed by atoms with Gasteiger partial charge in [-0.15, -0.1) is 11.3 Å². The number of amides is 1. The molecule has 1 amide bonds. The first-order valence-electron chi connectivity index (χ1n) is 14.2. The van der Waals surface area contributed by atoms with Gasteiger partial charge in [-0.05, 0) is 81.6 Å². The maximum atomic E-state index is 13.1. The molecule has 0 atom stereocenters. The molecule has 0 radical (unpaired) electrons. The number of nitrogens with two attached hydrogens (primary N) is 1. The molecule has 0 bridgehead atoms. The topological polar surface area (TPSA) is 115 Å². The number of aromatic nitrogens is 3. The van der Waals surface area contributed by atoms with Gasteiger partial charge in [0.25, 0.3) is 5.91 Å². The number of aryl methyl sites for hydroxylation is 2. The van der Waals surface area contributed by atoms with E-state index >= 15 is 0 Å². The predicted octanol–water partition coefficient (Wildman–Crippen LogP) is 6.23. The van der Waals surface area contributed by atoms with Gasteiger partial charge in [0, 0.05) is 29.2 Å². The van der Waals surface area contributed by atoms with E-state index in [-0.39, 0.29) is 5.91 Å². The number of nitrogens with zero attached hydrogens (tertiary/aromatic N) is 4. The minimum absolute atomic E-state index is 0.169. The number of thiazole rings is 1. The number of nitrogen functional groups attached to an aromatic ring is 1. The second-order valence-corrected chi connectivity index (χ2v) is 11.7. The average molecular weight is 583 g/mol. The molecule has 6 rings (SSSR count). The standard InChI is InChI=1S/C32H34N6O3S/c1-19-8-6-9-20(2)28(19)36-31(39)21-10-11-23-27(16-21)42-32(35-23)30-34-24-18-26(25(40-3)17-22(24)29(33)37-30)41-15-7-14-38-12-4-5-13-38/h6,8-11,16-18H,4-5,7,12-15H2,1-3H3,(H,36,39)(H2,33,34,37). The third-order valence-electron chi connectivity index (χ3n) is 7.65. The maximum absolute atomic E-state index is 13.1. The van der Waals surface area contributed by atoms with Gasteiger partial charge in [-0.3, -0.25) is 4.79 Å². The average Bonchev–Trinajstić information content (AvgIpc) is 3.66. The Kier molecular flexibility index (Phi) is 7.90. The molecule has 42 heavy (non-hydrogen) atoms. The molecule has 10 heteroatoms. The summed E-state index contributed by atoms with van der Waals surface area (Å²) in [6.07, 6.45) is 3.50. The van der Waals surface area contributed by atoms with Crippen LogP contribution >= 0.6 is 11.3 Å². The maximum Gasteiger partial charge on any atom is 0.255 e. The van der Waals surface area contributed by atoms with Crippen LogP contribution in [0.3, 0.4) is 0 Å². The Morgan fingerprint density at radius 1 is 1.00 bits per heavy atom. The van der Waals surface area contributed by atoms with Crippen LogP contribution < -0.4 is 20.5 Å². The Labute approximate surface area is 248 Å². The number of carbonyl (C=O) groups excluding carboxylic acids is 1. The van der Waals surface area contributed by atoms with Crippen molar-refractivity contribution in [3.8, 4) is 22.3 Å². The van der Waals surface area contributed by atoms with Gasteiger partial charge in [0.15, 0.2) is 22.3 Å². The lowest BCUT2D eigenvalue weighted by Crippen LogP contribution is -2.21. The lowest BCUT2D eigenvalue weighted by molar-refractivity contribution is 0.102. The van der Waals surface area contributed by atoms with Crippen LogP contribution in [-0.4, -0.2) is 59.1 Å². The van der Waals surface area contributed by atoms with E-state index in [0.29, 0.717) is 51.2 Å². The highest BCUT2D eigenvalue weighted by atomic mass is 32.1. The summed E-state index contributed by atoms with van der Waals surface area (Å²) in [5.41, 5.74) is 11.2. The summed E-state index contributed by atoms with van der Waals surface area (Å²) >= 11 is 1.42. The van der Waals surface area contributed by atoms with Crippen LogP contribution in [0.5, 0.6) is 11.5 Å². The van der Waals surface area contributed by atoms with E-state index < -0.39 is 0 Å². The van der Waals surface area contributed by atoms with Crippen LogP contribution in [0, 0.1) is 13.8 Å². The molecule has 1 aliphatic rings. The van der Waals surface area contributed by atoms with Crippen LogP contribution in [0.15, 0.2) is 48.5 Å². The number of para-hydroxylation sites is 1. The SMILES string of the molecule is COc1cc2c(N)nc(-c3nc4ccc(C(=O)Nc5c(C)cccc5C)cc4s3)nc2cc1OCCCN1CCCC1. The summed E-state index contributed by atoms with van der Waals surface area (Å²) in [4.78, 5) is 29.7. The van der Waals surface area contributed by atoms with Gasteiger partial charge >= 0.3 is 0 Å². The van der Waals surface area contributed by atoms with E-state index in [1.807, 2.05) is 56.3 Å². The number of likely N-dealkylation sites (tertiary alicyclic amines) is 1. The monoisotopic (exact) mass is 582 g/mol. The molecule has 0 aliphatic carbocycles. The second kappa shape index (κ2) is 11.9. The molecule has 1 aliphatic heterocycles. The predicted molar refractivity (Wildman–Crippen MR) is 169 cm³/mol. The van der Waals surface area contributed by atoms with Crippen molar-refractivity contribution < 1.29 is 14.3 Å². The van der Waals surface area contributed by atoms with Crippen molar-refractivity contribution in [1.82, 2.24) is 19.9 Å². The number of hydrogen-bond donors (Lipinski definition) is 2. The molecule has 2 aromatic heterocycles. The lowest BCUT2D eigenvalue weighted by Gasteiger charge is -2.16. The van der Waals surface area contributed by atoms with E-state index in [1.165, 1.54) is 37.3 Å². The molecule has 3 heterocycles. The minimum Gasteiger partial charge on any atom is -0.493 e. The van der Waals surface area contributed by atoms with Crippen molar-refractivity contribution >= 4 is 49.9 Å². The van der Waals surface area contributed by atoms with Gasteiger partial charge in [-0.1, -0.05) is 18.2 Å². The van der Waals surface area contributed by atoms with Crippen molar-refractivity contribution in [1.29, 1.82) is 0 Å². The molecule has 3 aromatic carbocycles. The molecule has 1 saturated heterocycles. The summed E-state index contributed by atoms with van der Waals surface area (Å²) in [5, 5.41) is 4.36. The summed E-state index contributed by atoms with van der Waals surface area (Å²) in [5.74, 6) is 1.81. The number of ether oxygens (including phenoxy) is 2. The zero-order valence-electron chi connectivity index (χ0n) is 24.1. The Morgan fingerprint density at radius 3 is 2.55 bits per heavy atom. The molecule has 5 aromatic rings. The molecule has 216 valence electrons. The number of methoxy groups -OCH3 is 1. The van der Waals surface area contributed by atoms with Gasteiger partial charge in [-0.25, -0.2) is 15.0 Å². The Hall–Kier alpha value is -4.28. The molecule has 9 nitrogen and oxygen atoms in total. The largest absolute Gasteiger partial charge is 0.493 e. The van der Waals surface area contributed by atoms with Crippen LogP contribution in [0.2, 0.25) is 0 Å². The van der Waals surface area contributed by atoms with Crippen molar-refractivity contribution in [2.45, 2.75) is 33.1 Å². The number of carbonyl (C=O) groups is 1. The van der Waals surface area contributed by atoms with Gasteiger partial charge in [0.05, 0.1) is 29.5 Å². The van der Waals surface area contributed by atoms with E-state index in [0.717, 1.165) is 40.0 Å². The molecule has 0 spiro atoms. The van der Waals surface area contributed by atoms with Gasteiger partial charge < -0.3 is 25.4 Å². The zero-order valence-corrected chi connectivity index (χ0v) is 24.9. The number of hydrogen-bond acceptors (Lipinski definition) is 9. The zero-order chi connectivity index (χ0) is 29.2. The summed E-state index contributed by atoms with van der Waals surface area (Å²) < 4.78 is 12.6. The van der Waals surface area contributed by atoms with Crippen LogP contribution in [-0.2, 0) is 0 Å². The highest BCUT2D eigenvalue weighted by Gasteiger charge is 2.18. The fourth-order valence-corrected chi connectivity index (χ4v) is 6.30. The fourth-order valence-electron chi connectivity index (χ4n) is 5.36. The number of rotatable bonds is 9. The summed E-state index contributed by atoms with van der Waals surface area (Å²) in [6, 6.07) is 15.1. The van der Waals surface area contributed by atoms with E-state index in [4.69, 9.17) is 25.2 Å². The number of benzene rings is 3. The summed E-state index contributed by atoms with van der Waals surface area (Å²) in [7, 11) is 1.61. The highest BCUT2D eigenvalue weighted by Crippen LogP contribution is 2.36. The fraction of sp³-hybridized carbons (Fsp3) is 0.312. The molecule has 0 unspecified atom stereocenters. The van der Waals surface area contributed by atoms with Crippen LogP contribution in [0.25, 0.3) is 32.0 Å². The molecule has 3 N–H and O–H groups in total. The van der Waals surface area contributed by atoms with Crippen molar-refractivity contribution in [2.75, 3.05) is 44.4 Å². The molecule has 1 fully saturated rings. The second-order valence-electron chi connectivity index (χ2n) is 10.6. The van der Waals surface area contributed by atoms with Crippen molar-refractivity contribution in [2.24, 2.45) is 0 Å². The first-order chi connectivity index (χ1) is 20.4. The third kappa shape index (κ3) is 5.73. The van der Waals surface area contributed by atoms with E-state index in [9.17, 15) is 4.79 Å². The lowest BCUT2D eigenvalue weighted by atomic mass is 10.1. The van der Waals surface area contributed by atoms with Crippen molar-refractivity contribution in [3.63, 3.8) is 0 Å². The molecular formula is C32H34N6O3S. The smallest absolute Gasteiger partial charge is 0.255 e. The highest BCUT2D eigenvalue weighted by molar-refractivity contribution is 7.21. The number of anilines is 2. The Balaban J connectivity index is 1.25. The first kappa shape index (κ1) is 27.9. The quantitative estimate of drug-likeness (QED) is 0.197. The van der Waals surface area contributed by atoms with E-state index in [1.54, 1.807) is 13.2 Å². The van der Waals surface area contributed by atoms with Crippen LogP contribution in [0.4, 0.5) is 11.5 Å². The van der Waals surface area contributed by atoms with Gasteiger partial charge in [-0.2, -0.15) is 0 Å². The number of fused-ring (bicyclic) bond motifs is 2. The van der Waals surface area contributed by atoms with Gasteiger partial charge in [0.2, 0.25) is 0 Å². The van der Waals surface area contributed by atoms with Crippen LogP contribution in [0.1, 0.15) is 40.7 Å². The third-order valence-corrected chi connectivity index (χ3v) is 8.66. The van der Waals surface area contributed by atoms with Gasteiger partial charge in [0.1, 0.15) is 5.82 Å². The number of nitrogens with one attached hydrogen (secondary N) is 1. The van der Waals surface area contributed by atoms with E-state index in [2.05, 4.69) is 15.2 Å². The Bertz CT molecular complexity index is 1760. The minimum atomic E-state index is -0.169. The summed E-state index contributed by atoms with van der Waals surface area (Å²) in [6.45, 7) is 7.93. The first-order valence-corrected chi connectivity index (χ1v) is 15.0. The molecular weight excluding hydrogens is 548 g/mol. The van der Waals surface area contributed by atoms with Crippen molar-refractivity contribution in [3.05, 3.63) is 65.2 Å². The Morgan fingerprint density at radius 2 is 1.79 bits per heavy atom. The normalized spacial score (nSPS) is 13.6. The molecule has 0 saturated carbocycles.